The Morgan fingerprint density at radius 2 is 2.32 bits per heavy atom. The summed E-state index contributed by atoms with van der Waals surface area (Å²) in [6, 6.07) is 4.95. The number of carbonyl (C=O) groups excluding carboxylic acids is 1. The van der Waals surface area contributed by atoms with Crippen LogP contribution in [0.1, 0.15) is 37.0 Å². The van der Waals surface area contributed by atoms with Gasteiger partial charge in [0.15, 0.2) is 6.29 Å². The Morgan fingerprint density at radius 1 is 1.52 bits per heavy atom. The summed E-state index contributed by atoms with van der Waals surface area (Å²) in [7, 11) is 0. The third-order valence-corrected chi connectivity index (χ3v) is 4.28. The van der Waals surface area contributed by atoms with Gasteiger partial charge in [-0.2, -0.15) is 0 Å². The van der Waals surface area contributed by atoms with Crippen LogP contribution in [0.2, 0.25) is 0 Å². The fraction of sp³-hybridized carbons (Fsp3) is 0.526. The molecule has 1 saturated heterocycles. The lowest BCUT2D eigenvalue weighted by atomic mass is 9.84. The molecule has 25 heavy (non-hydrogen) atoms. The second-order valence-electron chi connectivity index (χ2n) is 6.47. The molecule has 1 aliphatic heterocycles. The van der Waals surface area contributed by atoms with E-state index in [9.17, 15) is 9.90 Å². The highest BCUT2D eigenvalue weighted by Gasteiger charge is 2.30. The average Bonchev–Trinajstić information content (AvgIpc) is 2.59. The monoisotopic (exact) mass is 346 g/mol. The van der Waals surface area contributed by atoms with Crippen molar-refractivity contribution in [3.8, 4) is 11.5 Å². The summed E-state index contributed by atoms with van der Waals surface area (Å²) >= 11 is 0. The van der Waals surface area contributed by atoms with E-state index in [1.807, 2.05) is 13.8 Å². The van der Waals surface area contributed by atoms with Gasteiger partial charge in [0.2, 0.25) is 0 Å². The zero-order chi connectivity index (χ0) is 18.2. The minimum absolute atomic E-state index is 0.0816. The Bertz CT molecular complexity index is 628. The van der Waals surface area contributed by atoms with Gasteiger partial charge in [0.05, 0.1) is 18.8 Å². The van der Waals surface area contributed by atoms with Crippen molar-refractivity contribution in [3.63, 3.8) is 0 Å². The fourth-order valence-electron chi connectivity index (χ4n) is 3.06. The second kappa shape index (κ2) is 9.32. The number of nitrogens with one attached hydrogen (secondary N) is 1. The predicted octanol–water partition coefficient (Wildman–Crippen LogP) is 3.13. The van der Waals surface area contributed by atoms with Gasteiger partial charge >= 0.3 is 0 Å². The van der Waals surface area contributed by atoms with Crippen molar-refractivity contribution in [2.24, 2.45) is 16.8 Å². The molecule has 0 aromatic heterocycles. The van der Waals surface area contributed by atoms with Crippen molar-refractivity contribution in [1.29, 1.82) is 5.41 Å². The number of rotatable bonds is 8. The smallest absolute Gasteiger partial charge is 0.157 e. The largest absolute Gasteiger partial charge is 0.507 e. The number of phenolic OH excluding ortho intramolecular Hbond substituents is 1. The molecule has 1 aromatic carbocycles. The molecule has 1 aliphatic rings. The first-order valence-electron chi connectivity index (χ1n) is 8.60. The van der Waals surface area contributed by atoms with E-state index in [0.29, 0.717) is 38.3 Å². The van der Waals surface area contributed by atoms with Gasteiger partial charge in [-0.05, 0) is 32.4 Å². The number of ether oxygens (including phenoxy) is 2. The molecule has 0 amide bonds. The van der Waals surface area contributed by atoms with E-state index in [1.54, 1.807) is 12.1 Å². The Hall–Kier alpha value is -2.21. The Morgan fingerprint density at radius 3 is 3.00 bits per heavy atom. The molecular weight excluding hydrogens is 320 g/mol. The number of benzene rings is 1. The molecule has 0 radical (unpaired) electrons. The molecule has 136 valence electrons. The van der Waals surface area contributed by atoms with Gasteiger partial charge in [-0.3, -0.25) is 9.79 Å². The number of aromatic hydroxyl groups is 1. The summed E-state index contributed by atoms with van der Waals surface area (Å²) in [5.41, 5.74) is 1.13. The van der Waals surface area contributed by atoms with E-state index in [-0.39, 0.29) is 29.2 Å². The third kappa shape index (κ3) is 5.13. The highest BCUT2D eigenvalue weighted by atomic mass is 16.5. The number of aldehydes is 1. The van der Waals surface area contributed by atoms with Crippen molar-refractivity contribution in [1.82, 2.24) is 0 Å². The van der Waals surface area contributed by atoms with Crippen LogP contribution in [0.25, 0.3) is 0 Å². The Balaban J connectivity index is 2.14. The molecule has 2 N–H and O–H groups in total. The normalized spacial score (nSPS) is 21.2. The number of nitrogens with zero attached hydrogens (tertiary/aromatic N) is 1. The van der Waals surface area contributed by atoms with Crippen LogP contribution in [-0.2, 0) is 4.74 Å². The molecule has 0 bridgehead atoms. The number of hydrogen-bond donors (Lipinski definition) is 2. The maximum absolute atomic E-state index is 11.2. The zero-order valence-electron chi connectivity index (χ0n) is 14.8. The Kier molecular flexibility index (Phi) is 7.13. The van der Waals surface area contributed by atoms with E-state index in [0.717, 1.165) is 12.1 Å². The summed E-state index contributed by atoms with van der Waals surface area (Å²) in [5, 5.41) is 17.2. The predicted molar refractivity (Wildman–Crippen MR) is 97.4 cm³/mol. The summed E-state index contributed by atoms with van der Waals surface area (Å²) in [6.45, 7) is 5.66. The molecule has 6 nitrogen and oxygen atoms in total. The van der Waals surface area contributed by atoms with Crippen molar-refractivity contribution in [3.05, 3.63) is 23.8 Å². The molecule has 1 heterocycles. The van der Waals surface area contributed by atoms with Crippen LogP contribution in [0.4, 0.5) is 0 Å². The lowest BCUT2D eigenvalue weighted by Crippen LogP contribution is -2.37. The lowest BCUT2D eigenvalue weighted by molar-refractivity contribution is 0.0252. The molecular formula is C19H26N2O4. The SMILES string of the molecule is CC(C)N=C(CC=N)C1COCCC1COc1cccc(O)c1C=O. The molecule has 1 aromatic rings. The first-order chi connectivity index (χ1) is 12.1. The van der Waals surface area contributed by atoms with E-state index in [2.05, 4.69) is 4.99 Å². The molecule has 2 atom stereocenters. The third-order valence-electron chi connectivity index (χ3n) is 4.28. The highest BCUT2D eigenvalue weighted by molar-refractivity contribution is 5.96. The number of carbonyl (C=O) groups is 1. The molecule has 6 heteroatoms. The van der Waals surface area contributed by atoms with E-state index >= 15 is 0 Å². The number of aliphatic imine (C=N–C) groups is 1. The summed E-state index contributed by atoms with van der Waals surface area (Å²) in [6.07, 6.45) is 3.31. The van der Waals surface area contributed by atoms with Crippen LogP contribution in [-0.4, -0.2) is 49.2 Å². The standard InChI is InChI=1S/C19H26N2O4/c1-13(2)21-17(6-8-20)16-12-24-9-7-14(16)11-25-19-5-3-4-18(23)15(19)10-22/h3-5,8,10,13-14,16,20,23H,6-7,9,11-12H2,1-2H3. The van der Waals surface area contributed by atoms with Crippen LogP contribution in [0.15, 0.2) is 23.2 Å². The van der Waals surface area contributed by atoms with Crippen molar-refractivity contribution in [2.45, 2.75) is 32.7 Å². The van der Waals surface area contributed by atoms with Gasteiger partial charge < -0.3 is 20.0 Å². The molecule has 1 fully saturated rings. The van der Waals surface area contributed by atoms with Gasteiger partial charge in [0, 0.05) is 42.8 Å². The van der Waals surface area contributed by atoms with Crippen molar-refractivity contribution in [2.75, 3.05) is 19.8 Å². The second-order valence-corrected chi connectivity index (χ2v) is 6.47. The highest BCUT2D eigenvalue weighted by Crippen LogP contribution is 2.29. The number of phenols is 1. The topological polar surface area (TPSA) is 92.0 Å². The van der Waals surface area contributed by atoms with Crippen LogP contribution in [0.3, 0.4) is 0 Å². The molecule has 2 unspecified atom stereocenters. The van der Waals surface area contributed by atoms with Crippen LogP contribution in [0, 0.1) is 17.2 Å². The minimum atomic E-state index is -0.0816. The van der Waals surface area contributed by atoms with Crippen molar-refractivity contribution < 1.29 is 19.4 Å². The maximum atomic E-state index is 11.2. The zero-order valence-corrected chi connectivity index (χ0v) is 14.8. The quantitative estimate of drug-likeness (QED) is 0.559. The summed E-state index contributed by atoms with van der Waals surface area (Å²) in [5.74, 6) is 0.583. The molecule has 0 spiro atoms. The fourth-order valence-corrected chi connectivity index (χ4v) is 3.06. The number of hydrogen-bond acceptors (Lipinski definition) is 6. The molecule has 0 saturated carbocycles. The van der Waals surface area contributed by atoms with Crippen LogP contribution >= 0.6 is 0 Å². The summed E-state index contributed by atoms with van der Waals surface area (Å²) in [4.78, 5) is 15.9. The van der Waals surface area contributed by atoms with Gasteiger partial charge in [0.25, 0.3) is 0 Å². The van der Waals surface area contributed by atoms with Gasteiger partial charge in [0.1, 0.15) is 11.5 Å². The minimum Gasteiger partial charge on any atom is -0.507 e. The van der Waals surface area contributed by atoms with Crippen LogP contribution < -0.4 is 4.74 Å². The Labute approximate surface area is 148 Å². The van der Waals surface area contributed by atoms with E-state index in [4.69, 9.17) is 14.9 Å². The molecule has 0 aliphatic carbocycles. The lowest BCUT2D eigenvalue weighted by Gasteiger charge is -2.32. The summed E-state index contributed by atoms with van der Waals surface area (Å²) < 4.78 is 11.5. The average molecular weight is 346 g/mol. The van der Waals surface area contributed by atoms with Gasteiger partial charge in [-0.25, -0.2) is 0 Å². The maximum Gasteiger partial charge on any atom is 0.157 e. The van der Waals surface area contributed by atoms with Crippen LogP contribution in [0.5, 0.6) is 11.5 Å². The molecule has 2 rings (SSSR count). The van der Waals surface area contributed by atoms with E-state index < -0.39 is 0 Å². The first-order valence-corrected chi connectivity index (χ1v) is 8.60. The van der Waals surface area contributed by atoms with Gasteiger partial charge in [-0.15, -0.1) is 0 Å². The van der Waals surface area contributed by atoms with E-state index in [1.165, 1.54) is 12.3 Å². The first kappa shape index (κ1) is 19.1. The van der Waals surface area contributed by atoms with Gasteiger partial charge in [-0.1, -0.05) is 6.07 Å². The van der Waals surface area contributed by atoms with Crippen molar-refractivity contribution >= 4 is 18.2 Å².